The molecule has 1 aromatic heterocycles. The summed E-state index contributed by atoms with van der Waals surface area (Å²) in [5, 5.41) is 26.3. The summed E-state index contributed by atoms with van der Waals surface area (Å²) in [7, 11) is 3.20. The van der Waals surface area contributed by atoms with E-state index in [-0.39, 0.29) is 17.3 Å². The van der Waals surface area contributed by atoms with Gasteiger partial charge in [-0.15, -0.1) is 0 Å². The summed E-state index contributed by atoms with van der Waals surface area (Å²) in [6.07, 6.45) is 5.02. The molecule has 2 N–H and O–H groups in total. The van der Waals surface area contributed by atoms with Crippen LogP contribution in [0.25, 0.3) is 0 Å². The number of hydrogen-bond acceptors (Lipinski definition) is 9. The lowest BCUT2D eigenvalue weighted by atomic mass is 9.92. The molecule has 0 aliphatic heterocycles. The number of benzene rings is 2. The summed E-state index contributed by atoms with van der Waals surface area (Å²) in [6.45, 7) is 0.717. The average Bonchev–Trinajstić information content (AvgIpc) is 2.89. The maximum atomic E-state index is 12.3. The number of aliphatic hydroxyl groups is 1. The summed E-state index contributed by atoms with van der Waals surface area (Å²) >= 11 is 0. The Morgan fingerprint density at radius 3 is 1.94 bits per heavy atom. The molecule has 1 aliphatic rings. The zero-order chi connectivity index (χ0) is 25.5. The third-order valence-corrected chi connectivity index (χ3v) is 6.38. The van der Waals surface area contributed by atoms with Gasteiger partial charge in [0.05, 0.1) is 19.1 Å². The predicted octanol–water partition coefficient (Wildman–Crippen LogP) is 4.67. The highest BCUT2D eigenvalue weighted by molar-refractivity contribution is 5.71. The fourth-order valence-corrected chi connectivity index (χ4v) is 4.45. The van der Waals surface area contributed by atoms with E-state index in [1.165, 1.54) is 6.33 Å². The zero-order valence-electron chi connectivity index (χ0n) is 20.5. The average molecular weight is 494 g/mol. The van der Waals surface area contributed by atoms with Gasteiger partial charge in [-0.1, -0.05) is 30.7 Å². The molecule has 1 aliphatic carbocycles. The van der Waals surface area contributed by atoms with Gasteiger partial charge in [0.2, 0.25) is 11.6 Å². The van der Waals surface area contributed by atoms with Crippen LogP contribution in [0, 0.1) is 10.1 Å². The Bertz CT molecular complexity index is 1110. The quantitative estimate of drug-likeness (QED) is 0.235. The van der Waals surface area contributed by atoms with Crippen molar-refractivity contribution in [1.29, 1.82) is 0 Å². The molecule has 1 fully saturated rings. The van der Waals surface area contributed by atoms with Crippen LogP contribution in [0.4, 0.5) is 17.3 Å². The van der Waals surface area contributed by atoms with E-state index in [4.69, 9.17) is 9.47 Å². The Morgan fingerprint density at radius 2 is 1.47 bits per heavy atom. The molecule has 0 radical (unpaired) electrons. The smallest absolute Gasteiger partial charge is 0.353 e. The minimum absolute atomic E-state index is 0.0175. The highest BCUT2D eigenvalue weighted by atomic mass is 16.6. The van der Waals surface area contributed by atoms with Gasteiger partial charge in [-0.3, -0.25) is 10.1 Å². The number of aromatic nitrogens is 2. The molecule has 190 valence electrons. The summed E-state index contributed by atoms with van der Waals surface area (Å²) in [6, 6.07) is 15.0. The lowest BCUT2D eigenvalue weighted by Crippen LogP contribution is -2.40. The van der Waals surface area contributed by atoms with Crippen molar-refractivity contribution in [3.63, 3.8) is 0 Å². The van der Waals surface area contributed by atoms with E-state index in [1.54, 1.807) is 14.2 Å². The molecule has 0 amide bonds. The third-order valence-electron chi connectivity index (χ3n) is 6.38. The molecule has 10 nitrogen and oxygen atoms in total. The summed E-state index contributed by atoms with van der Waals surface area (Å²) < 4.78 is 10.5. The number of nitrogens with one attached hydrogen (secondary N) is 1. The van der Waals surface area contributed by atoms with Crippen LogP contribution in [0.3, 0.4) is 0 Å². The topological polar surface area (TPSA) is 123 Å². The number of methoxy groups -OCH3 is 2. The first-order valence-electron chi connectivity index (χ1n) is 11.9. The van der Waals surface area contributed by atoms with Crippen molar-refractivity contribution in [2.45, 2.75) is 50.9 Å². The van der Waals surface area contributed by atoms with Crippen LogP contribution >= 0.6 is 0 Å². The summed E-state index contributed by atoms with van der Waals surface area (Å²) in [5.41, 5.74) is 0.361. The van der Waals surface area contributed by atoms with E-state index in [1.807, 2.05) is 53.4 Å². The largest absolute Gasteiger partial charge is 0.497 e. The number of anilines is 2. The Kier molecular flexibility index (Phi) is 7.84. The second-order valence-electron chi connectivity index (χ2n) is 8.92. The lowest BCUT2D eigenvalue weighted by Gasteiger charge is -2.33. The molecule has 10 heteroatoms. The normalized spacial score (nSPS) is 14.6. The van der Waals surface area contributed by atoms with Crippen molar-refractivity contribution in [3.8, 4) is 11.5 Å². The van der Waals surface area contributed by atoms with Crippen molar-refractivity contribution in [2.24, 2.45) is 0 Å². The molecule has 4 rings (SSSR count). The van der Waals surface area contributed by atoms with Crippen molar-refractivity contribution < 1.29 is 19.5 Å². The maximum absolute atomic E-state index is 12.3. The number of nitro groups is 1. The van der Waals surface area contributed by atoms with Crippen LogP contribution in [0.1, 0.15) is 43.2 Å². The van der Waals surface area contributed by atoms with Crippen molar-refractivity contribution in [1.82, 2.24) is 9.97 Å². The van der Waals surface area contributed by atoms with E-state index in [2.05, 4.69) is 15.3 Å². The predicted molar refractivity (Wildman–Crippen MR) is 136 cm³/mol. The molecule has 1 saturated carbocycles. The Labute approximate surface area is 210 Å². The molecule has 0 spiro atoms. The molecule has 0 saturated heterocycles. The number of hydrogen-bond donors (Lipinski definition) is 2. The van der Waals surface area contributed by atoms with E-state index < -0.39 is 10.6 Å². The molecule has 2 aromatic carbocycles. The highest BCUT2D eigenvalue weighted by Crippen LogP contribution is 2.37. The molecule has 0 bridgehead atoms. The summed E-state index contributed by atoms with van der Waals surface area (Å²) in [5.74, 6) is 1.63. The molecular weight excluding hydrogens is 462 g/mol. The first kappa shape index (κ1) is 25.2. The molecule has 0 unspecified atom stereocenters. The minimum Gasteiger partial charge on any atom is -0.497 e. The highest BCUT2D eigenvalue weighted by Gasteiger charge is 2.35. The van der Waals surface area contributed by atoms with Crippen molar-refractivity contribution in [3.05, 3.63) is 76.1 Å². The fourth-order valence-electron chi connectivity index (χ4n) is 4.45. The second kappa shape index (κ2) is 11.2. The summed E-state index contributed by atoms with van der Waals surface area (Å²) in [4.78, 5) is 22.2. The molecular formula is C26H31N5O5. The number of nitrogens with zero attached hydrogens (tertiary/aromatic N) is 4. The molecule has 3 aromatic rings. The van der Waals surface area contributed by atoms with Crippen LogP contribution in [-0.2, 0) is 13.1 Å². The number of ether oxygens (including phenoxy) is 2. The van der Waals surface area contributed by atoms with Gasteiger partial charge in [0.25, 0.3) is 0 Å². The Balaban J connectivity index is 1.72. The Morgan fingerprint density at radius 1 is 0.944 bits per heavy atom. The first-order valence-corrected chi connectivity index (χ1v) is 11.9. The zero-order valence-corrected chi connectivity index (χ0v) is 20.5. The van der Waals surface area contributed by atoms with Gasteiger partial charge < -0.3 is 24.8 Å². The monoisotopic (exact) mass is 493 g/mol. The SMILES string of the molecule is COc1ccc(CN(Cc2ccc(OC)cc2)c2ncnc(NC3(O)CCCCC3)c2[N+](=O)[O-])cc1. The van der Waals surface area contributed by atoms with Gasteiger partial charge in [0.1, 0.15) is 23.6 Å². The van der Waals surface area contributed by atoms with Gasteiger partial charge in [-0.25, -0.2) is 9.97 Å². The Hall–Kier alpha value is -3.92. The van der Waals surface area contributed by atoms with Crippen LogP contribution < -0.4 is 19.7 Å². The van der Waals surface area contributed by atoms with Crippen LogP contribution in [0.15, 0.2) is 54.9 Å². The van der Waals surface area contributed by atoms with Crippen LogP contribution in [0.2, 0.25) is 0 Å². The van der Waals surface area contributed by atoms with Gasteiger partial charge in [0, 0.05) is 13.1 Å². The second-order valence-corrected chi connectivity index (χ2v) is 8.92. The number of rotatable bonds is 10. The first-order chi connectivity index (χ1) is 17.4. The van der Waals surface area contributed by atoms with E-state index in [0.717, 1.165) is 41.9 Å². The van der Waals surface area contributed by atoms with Gasteiger partial charge >= 0.3 is 5.69 Å². The minimum atomic E-state index is -1.23. The van der Waals surface area contributed by atoms with E-state index in [9.17, 15) is 15.2 Å². The van der Waals surface area contributed by atoms with Gasteiger partial charge in [-0.05, 0) is 61.1 Å². The van der Waals surface area contributed by atoms with E-state index in [0.29, 0.717) is 25.9 Å². The fraction of sp³-hybridized carbons (Fsp3) is 0.385. The molecule has 36 heavy (non-hydrogen) atoms. The van der Waals surface area contributed by atoms with Crippen LogP contribution in [0.5, 0.6) is 11.5 Å². The van der Waals surface area contributed by atoms with E-state index >= 15 is 0 Å². The van der Waals surface area contributed by atoms with Crippen molar-refractivity contribution in [2.75, 3.05) is 24.4 Å². The standard InChI is InChI=1S/C26H31N5O5/c1-35-21-10-6-19(7-11-21)16-30(17-20-8-12-22(36-2)13-9-20)25-23(31(33)34)24(27-18-28-25)29-26(32)14-4-3-5-15-26/h6-13,18,32H,3-5,14-17H2,1-2H3,(H,27,28,29). The van der Waals surface area contributed by atoms with Gasteiger partial charge in [-0.2, -0.15) is 0 Å². The lowest BCUT2D eigenvalue weighted by molar-refractivity contribution is -0.383. The molecule has 1 heterocycles. The maximum Gasteiger partial charge on any atom is 0.353 e. The third kappa shape index (κ3) is 6.01. The van der Waals surface area contributed by atoms with Crippen molar-refractivity contribution >= 4 is 17.3 Å². The van der Waals surface area contributed by atoms with Gasteiger partial charge in [0.15, 0.2) is 0 Å². The van der Waals surface area contributed by atoms with Crippen LogP contribution in [-0.4, -0.2) is 39.9 Å². The molecule has 0 atom stereocenters.